The summed E-state index contributed by atoms with van der Waals surface area (Å²) in [5, 5.41) is 17.3. The molecule has 4 heterocycles. The summed E-state index contributed by atoms with van der Waals surface area (Å²) in [6, 6.07) is 11.2. The minimum absolute atomic E-state index is 0.0335. The number of amides is 1. The molecule has 39 heavy (non-hydrogen) atoms. The van der Waals surface area contributed by atoms with Gasteiger partial charge in [-0.2, -0.15) is 18.3 Å². The standard InChI is InChI=1S/C27H29F3N6O2S/c1-31-26(37)16-8-11-20(23(15-16)38-2)32-14-4-5-21-25(39-27(28,29)30)22-6-3-7-24(36(22)35-21)34-19-13-10-17-9-12-18(19)33-17/h3,6-8,11,15,17-19,32-34H,9-10,12-14H2,1-2H3,(H,31,37)/t17-,18+,19+/m0/s1. The molecule has 1 amide bonds. The molecule has 2 aromatic heterocycles. The van der Waals surface area contributed by atoms with E-state index in [2.05, 4.69) is 38.2 Å². The molecule has 0 aliphatic carbocycles. The maximum atomic E-state index is 13.5. The number of piperidine rings is 1. The lowest BCUT2D eigenvalue weighted by atomic mass is 10.00. The molecule has 8 nitrogen and oxygen atoms in total. The lowest BCUT2D eigenvalue weighted by Gasteiger charge is -2.31. The number of nitrogens with zero attached hydrogens (tertiary/aromatic N) is 2. The summed E-state index contributed by atoms with van der Waals surface area (Å²) in [7, 11) is 3.02. The monoisotopic (exact) mass is 558 g/mol. The third kappa shape index (κ3) is 6.04. The Hall–Kier alpha value is -3.56. The van der Waals surface area contributed by atoms with E-state index in [-0.39, 0.29) is 40.8 Å². The molecule has 4 N–H and O–H groups in total. The fourth-order valence-electron chi connectivity index (χ4n) is 5.19. The van der Waals surface area contributed by atoms with Crippen molar-refractivity contribution in [1.82, 2.24) is 20.2 Å². The Labute approximate surface area is 228 Å². The molecule has 2 aliphatic rings. The molecule has 0 saturated carbocycles. The first kappa shape index (κ1) is 27.0. The van der Waals surface area contributed by atoms with Gasteiger partial charge in [-0.1, -0.05) is 12.0 Å². The van der Waals surface area contributed by atoms with Crippen LogP contribution in [-0.2, 0) is 0 Å². The predicted molar refractivity (Wildman–Crippen MR) is 145 cm³/mol. The van der Waals surface area contributed by atoms with E-state index >= 15 is 0 Å². The fourth-order valence-corrected chi connectivity index (χ4v) is 5.86. The van der Waals surface area contributed by atoms with Crippen LogP contribution in [0.2, 0.25) is 0 Å². The second-order valence-corrected chi connectivity index (χ2v) is 10.5. The average Bonchev–Trinajstić information content (AvgIpc) is 3.48. The number of aromatic nitrogens is 2. The van der Waals surface area contributed by atoms with Crippen molar-refractivity contribution < 1.29 is 22.7 Å². The van der Waals surface area contributed by atoms with Crippen LogP contribution in [0.4, 0.5) is 24.7 Å². The van der Waals surface area contributed by atoms with Crippen molar-refractivity contribution in [1.29, 1.82) is 0 Å². The number of rotatable bonds is 7. The SMILES string of the molecule is CNC(=O)c1ccc(NCC#Cc2nn3c(N[C@@H]4CC[C@@H]5CC[C@H]4N5)cccc3c2SC(F)(F)F)c(OC)c1. The number of halogens is 3. The van der Waals surface area contributed by atoms with Gasteiger partial charge in [-0.05, 0) is 73.7 Å². The third-order valence-electron chi connectivity index (χ3n) is 7.02. The molecule has 1 aromatic carbocycles. The van der Waals surface area contributed by atoms with Crippen LogP contribution in [0, 0.1) is 11.8 Å². The molecule has 3 aromatic rings. The van der Waals surface area contributed by atoms with Gasteiger partial charge in [-0.3, -0.25) is 4.79 Å². The van der Waals surface area contributed by atoms with Crippen molar-refractivity contribution in [3.05, 3.63) is 47.7 Å². The van der Waals surface area contributed by atoms with Crippen molar-refractivity contribution in [2.24, 2.45) is 0 Å². The van der Waals surface area contributed by atoms with Crippen LogP contribution in [0.5, 0.6) is 5.75 Å². The molecule has 2 aliphatic heterocycles. The molecular formula is C27H29F3N6O2S. The highest BCUT2D eigenvalue weighted by molar-refractivity contribution is 8.00. The predicted octanol–water partition coefficient (Wildman–Crippen LogP) is 4.47. The van der Waals surface area contributed by atoms with Gasteiger partial charge >= 0.3 is 5.51 Å². The molecule has 2 bridgehead atoms. The number of benzene rings is 1. The van der Waals surface area contributed by atoms with E-state index in [1.54, 1.807) is 30.3 Å². The number of fused-ring (bicyclic) bond motifs is 3. The number of carbonyl (C=O) groups is 1. The summed E-state index contributed by atoms with van der Waals surface area (Å²) in [5.41, 5.74) is -3.06. The third-order valence-corrected chi connectivity index (χ3v) is 7.85. The van der Waals surface area contributed by atoms with Crippen LogP contribution in [0.25, 0.3) is 5.52 Å². The van der Waals surface area contributed by atoms with Gasteiger partial charge < -0.3 is 26.0 Å². The van der Waals surface area contributed by atoms with E-state index in [4.69, 9.17) is 4.74 Å². The van der Waals surface area contributed by atoms with Gasteiger partial charge in [0.15, 0.2) is 0 Å². The summed E-state index contributed by atoms with van der Waals surface area (Å²) in [4.78, 5) is 11.8. The Bertz CT molecular complexity index is 1430. The number of ether oxygens (including phenoxy) is 1. The Morgan fingerprint density at radius 3 is 2.82 bits per heavy atom. The quantitative estimate of drug-likeness (QED) is 0.251. The van der Waals surface area contributed by atoms with Crippen molar-refractivity contribution in [2.75, 3.05) is 31.3 Å². The van der Waals surface area contributed by atoms with E-state index in [1.165, 1.54) is 18.7 Å². The number of nitrogens with one attached hydrogen (secondary N) is 4. The normalized spacial score (nSPS) is 20.3. The summed E-state index contributed by atoms with van der Waals surface area (Å²) in [5.74, 6) is 6.53. The molecule has 206 valence electrons. The number of alkyl halides is 3. The van der Waals surface area contributed by atoms with Gasteiger partial charge in [0.2, 0.25) is 0 Å². The van der Waals surface area contributed by atoms with Crippen LogP contribution >= 0.6 is 11.8 Å². The van der Waals surface area contributed by atoms with E-state index < -0.39 is 5.51 Å². The van der Waals surface area contributed by atoms with Crippen LogP contribution in [0.1, 0.15) is 41.7 Å². The number of hydrogen-bond acceptors (Lipinski definition) is 7. The maximum Gasteiger partial charge on any atom is 0.446 e. The summed E-state index contributed by atoms with van der Waals surface area (Å²) in [6.07, 6.45) is 4.30. The molecule has 0 unspecified atom stereocenters. The van der Waals surface area contributed by atoms with Crippen molar-refractivity contribution in [2.45, 2.75) is 54.2 Å². The van der Waals surface area contributed by atoms with Gasteiger partial charge in [0.25, 0.3) is 5.91 Å². The zero-order valence-corrected chi connectivity index (χ0v) is 22.3. The van der Waals surface area contributed by atoms with E-state index in [9.17, 15) is 18.0 Å². The minimum atomic E-state index is -4.49. The Morgan fingerprint density at radius 2 is 2.05 bits per heavy atom. The smallest absolute Gasteiger partial charge is 0.446 e. The van der Waals surface area contributed by atoms with Crippen LogP contribution in [0.3, 0.4) is 0 Å². The van der Waals surface area contributed by atoms with Gasteiger partial charge in [0.05, 0.1) is 29.8 Å². The number of hydrogen-bond donors (Lipinski definition) is 4. The number of pyridine rings is 1. The number of methoxy groups -OCH3 is 1. The maximum absolute atomic E-state index is 13.5. The lowest BCUT2D eigenvalue weighted by Crippen LogP contribution is -2.47. The van der Waals surface area contributed by atoms with Crippen molar-refractivity contribution >= 4 is 34.7 Å². The van der Waals surface area contributed by atoms with Crippen LogP contribution in [-0.4, -0.2) is 59.9 Å². The average molecular weight is 559 g/mol. The first-order valence-electron chi connectivity index (χ1n) is 12.7. The fraction of sp³-hybridized carbons (Fsp3) is 0.407. The summed E-state index contributed by atoms with van der Waals surface area (Å²) >= 11 is -0.207. The topological polar surface area (TPSA) is 91.7 Å². The Balaban J connectivity index is 1.39. The van der Waals surface area contributed by atoms with E-state index in [0.717, 1.165) is 25.7 Å². The largest absolute Gasteiger partial charge is 0.495 e. The highest BCUT2D eigenvalue weighted by Gasteiger charge is 2.36. The van der Waals surface area contributed by atoms with Gasteiger partial charge in [-0.15, -0.1) is 0 Å². The molecule has 0 radical (unpaired) electrons. The Morgan fingerprint density at radius 1 is 1.23 bits per heavy atom. The zero-order chi connectivity index (χ0) is 27.6. The highest BCUT2D eigenvalue weighted by Crippen LogP contribution is 2.41. The van der Waals surface area contributed by atoms with Crippen LogP contribution < -0.4 is 26.0 Å². The highest BCUT2D eigenvalue weighted by atomic mass is 32.2. The lowest BCUT2D eigenvalue weighted by molar-refractivity contribution is -0.0327. The first-order chi connectivity index (χ1) is 18.8. The molecule has 5 rings (SSSR count). The van der Waals surface area contributed by atoms with Gasteiger partial charge in [0, 0.05) is 30.7 Å². The summed E-state index contributed by atoms with van der Waals surface area (Å²) < 4.78 is 47.4. The summed E-state index contributed by atoms with van der Waals surface area (Å²) in [6.45, 7) is 0.126. The molecule has 12 heteroatoms. The number of anilines is 2. The van der Waals surface area contributed by atoms with Gasteiger partial charge in [-0.25, -0.2) is 4.52 Å². The molecule has 2 saturated heterocycles. The number of thioether (sulfide) groups is 1. The van der Waals surface area contributed by atoms with E-state index in [1.807, 2.05) is 6.07 Å². The molecule has 3 atom stereocenters. The van der Waals surface area contributed by atoms with Crippen LogP contribution in [0.15, 0.2) is 41.3 Å². The molecular weight excluding hydrogens is 529 g/mol. The van der Waals surface area contributed by atoms with Gasteiger partial charge in [0.1, 0.15) is 17.3 Å². The molecule has 0 spiro atoms. The second kappa shape index (κ2) is 11.3. The first-order valence-corrected chi connectivity index (χ1v) is 13.5. The minimum Gasteiger partial charge on any atom is -0.495 e. The van der Waals surface area contributed by atoms with E-state index in [0.29, 0.717) is 40.4 Å². The second-order valence-electron chi connectivity index (χ2n) is 9.46. The molecule has 2 fully saturated rings. The van der Waals surface area contributed by atoms with Crippen molar-refractivity contribution in [3.63, 3.8) is 0 Å². The Kier molecular flexibility index (Phi) is 7.81. The van der Waals surface area contributed by atoms with Crippen molar-refractivity contribution in [3.8, 4) is 17.6 Å². The zero-order valence-electron chi connectivity index (χ0n) is 21.5. The number of carbonyl (C=O) groups excluding carboxylic acids is 1.